The van der Waals surface area contributed by atoms with Crippen LogP contribution in [0.1, 0.15) is 13.3 Å². The number of ether oxygens (including phenoxy) is 1. The third-order valence-corrected chi connectivity index (χ3v) is 7.28. The average Bonchev–Trinajstić information content (AvgIpc) is 3.17. The highest BCUT2D eigenvalue weighted by Crippen LogP contribution is 2.30. The molecule has 0 atom stereocenters. The number of anilines is 2. The zero-order chi connectivity index (χ0) is 19.4. The normalized spacial score (nSPS) is 15.6. The first-order valence-corrected chi connectivity index (χ1v) is 10.7. The van der Waals surface area contributed by atoms with E-state index in [2.05, 4.69) is 20.4 Å². The van der Waals surface area contributed by atoms with Gasteiger partial charge in [0.05, 0.1) is 12.8 Å². The Bertz CT molecular complexity index is 907. The molecule has 0 saturated carbocycles. The van der Waals surface area contributed by atoms with Crippen molar-refractivity contribution < 1.29 is 17.9 Å². The standard InChI is InChI=1S/C16H21N5O4S2/c1-3-14(22)17-15-18-19-16(26-15)27(23,24)21-10-8-20(9-11-21)12-6-4-5-7-13(12)25-2/h4-7H,3,8-11H2,1-2H3,(H,17,18,22). The average molecular weight is 412 g/mol. The summed E-state index contributed by atoms with van der Waals surface area (Å²) in [5, 5.41) is 10.2. The lowest BCUT2D eigenvalue weighted by Crippen LogP contribution is -2.48. The number of sulfonamides is 1. The molecule has 0 unspecified atom stereocenters. The molecule has 1 aliphatic heterocycles. The van der Waals surface area contributed by atoms with Gasteiger partial charge < -0.3 is 15.0 Å². The zero-order valence-electron chi connectivity index (χ0n) is 15.1. The smallest absolute Gasteiger partial charge is 0.272 e. The summed E-state index contributed by atoms with van der Waals surface area (Å²) < 4.78 is 32.3. The molecule has 11 heteroatoms. The first-order valence-electron chi connectivity index (χ1n) is 8.47. The number of piperazine rings is 1. The maximum absolute atomic E-state index is 12.8. The quantitative estimate of drug-likeness (QED) is 0.717. The van der Waals surface area contributed by atoms with Crippen molar-refractivity contribution >= 4 is 38.1 Å². The number of amides is 1. The third kappa shape index (κ3) is 4.20. The largest absolute Gasteiger partial charge is 0.495 e. The van der Waals surface area contributed by atoms with E-state index in [0.717, 1.165) is 22.8 Å². The van der Waals surface area contributed by atoms with Crippen LogP contribution in [0.25, 0.3) is 0 Å². The lowest BCUT2D eigenvalue weighted by Gasteiger charge is -2.35. The fourth-order valence-corrected chi connectivity index (χ4v) is 5.22. The molecule has 2 heterocycles. The number of hydrogen-bond acceptors (Lipinski definition) is 8. The van der Waals surface area contributed by atoms with Gasteiger partial charge in [-0.3, -0.25) is 4.79 Å². The molecule has 146 valence electrons. The Morgan fingerprint density at radius 3 is 2.59 bits per heavy atom. The lowest BCUT2D eigenvalue weighted by molar-refractivity contribution is -0.115. The number of benzene rings is 1. The number of hydrogen-bond donors (Lipinski definition) is 1. The van der Waals surface area contributed by atoms with E-state index in [-0.39, 0.29) is 21.8 Å². The number of carbonyl (C=O) groups is 1. The Balaban J connectivity index is 1.69. The van der Waals surface area contributed by atoms with E-state index in [1.165, 1.54) is 4.31 Å². The molecule has 1 aromatic carbocycles. The van der Waals surface area contributed by atoms with Gasteiger partial charge in [-0.05, 0) is 12.1 Å². The maximum Gasteiger partial charge on any atom is 0.272 e. The van der Waals surface area contributed by atoms with Crippen LogP contribution in [0.4, 0.5) is 10.8 Å². The second kappa shape index (κ2) is 8.19. The highest BCUT2D eigenvalue weighted by molar-refractivity contribution is 7.91. The van der Waals surface area contributed by atoms with Crippen LogP contribution in [0, 0.1) is 0 Å². The molecule has 1 saturated heterocycles. The van der Waals surface area contributed by atoms with E-state index in [1.54, 1.807) is 14.0 Å². The first kappa shape index (κ1) is 19.5. The fraction of sp³-hybridized carbons (Fsp3) is 0.438. The second-order valence-corrected chi connectivity index (χ2v) is 8.93. The molecule has 1 fully saturated rings. The minimum Gasteiger partial charge on any atom is -0.495 e. The summed E-state index contributed by atoms with van der Waals surface area (Å²) in [6.07, 6.45) is 0.284. The Labute approximate surface area is 162 Å². The van der Waals surface area contributed by atoms with Crippen molar-refractivity contribution in [2.24, 2.45) is 0 Å². The van der Waals surface area contributed by atoms with Crippen LogP contribution in [0.3, 0.4) is 0 Å². The summed E-state index contributed by atoms with van der Waals surface area (Å²) in [4.78, 5) is 13.5. The minimum atomic E-state index is -3.74. The Morgan fingerprint density at radius 2 is 1.93 bits per heavy atom. The van der Waals surface area contributed by atoms with E-state index < -0.39 is 10.0 Å². The molecule has 0 bridgehead atoms. The number of methoxy groups -OCH3 is 1. The number of carbonyl (C=O) groups excluding carboxylic acids is 1. The van der Waals surface area contributed by atoms with E-state index in [0.29, 0.717) is 26.2 Å². The molecule has 3 rings (SSSR count). The summed E-state index contributed by atoms with van der Waals surface area (Å²) in [5.74, 6) is 0.523. The summed E-state index contributed by atoms with van der Waals surface area (Å²) in [7, 11) is -2.12. The van der Waals surface area contributed by atoms with Gasteiger partial charge in [-0.2, -0.15) is 4.31 Å². The number of para-hydroxylation sites is 2. The molecule has 0 aliphatic carbocycles. The minimum absolute atomic E-state index is 0.111. The topological polar surface area (TPSA) is 105 Å². The van der Waals surface area contributed by atoms with E-state index in [9.17, 15) is 13.2 Å². The summed E-state index contributed by atoms with van der Waals surface area (Å²) in [6, 6.07) is 7.66. The van der Waals surface area contributed by atoms with Gasteiger partial charge >= 0.3 is 0 Å². The van der Waals surface area contributed by atoms with Crippen molar-refractivity contribution in [2.75, 3.05) is 43.5 Å². The van der Waals surface area contributed by atoms with Crippen molar-refractivity contribution in [3.05, 3.63) is 24.3 Å². The van der Waals surface area contributed by atoms with Gasteiger partial charge in [0.1, 0.15) is 5.75 Å². The van der Waals surface area contributed by atoms with Gasteiger partial charge in [0, 0.05) is 32.6 Å². The van der Waals surface area contributed by atoms with Crippen LogP contribution in [-0.2, 0) is 14.8 Å². The molecule has 2 aromatic rings. The molecule has 1 aromatic heterocycles. The molecule has 1 N–H and O–H groups in total. The number of aromatic nitrogens is 2. The van der Waals surface area contributed by atoms with Crippen LogP contribution < -0.4 is 15.0 Å². The number of nitrogens with zero attached hydrogens (tertiary/aromatic N) is 4. The predicted molar refractivity (Wildman–Crippen MR) is 103 cm³/mol. The summed E-state index contributed by atoms with van der Waals surface area (Å²) >= 11 is 0.863. The van der Waals surface area contributed by atoms with Gasteiger partial charge in [0.2, 0.25) is 15.4 Å². The number of rotatable bonds is 6. The summed E-state index contributed by atoms with van der Waals surface area (Å²) in [5.41, 5.74) is 0.942. The van der Waals surface area contributed by atoms with Gasteiger partial charge in [-0.25, -0.2) is 8.42 Å². The number of nitrogens with one attached hydrogen (secondary N) is 1. The van der Waals surface area contributed by atoms with Crippen molar-refractivity contribution in [3.8, 4) is 5.75 Å². The van der Waals surface area contributed by atoms with Gasteiger partial charge in [0.15, 0.2) is 0 Å². The molecule has 1 amide bonds. The van der Waals surface area contributed by atoms with Gasteiger partial charge in [0.25, 0.3) is 10.0 Å². The third-order valence-electron chi connectivity index (χ3n) is 4.20. The molecule has 1 aliphatic rings. The van der Waals surface area contributed by atoms with E-state index in [4.69, 9.17) is 4.74 Å². The van der Waals surface area contributed by atoms with Crippen LogP contribution in [0.2, 0.25) is 0 Å². The van der Waals surface area contributed by atoms with Gasteiger partial charge in [-0.15, -0.1) is 10.2 Å². The lowest BCUT2D eigenvalue weighted by atomic mass is 10.2. The van der Waals surface area contributed by atoms with Crippen molar-refractivity contribution in [3.63, 3.8) is 0 Å². The monoisotopic (exact) mass is 411 g/mol. The molecule has 0 spiro atoms. The molecular weight excluding hydrogens is 390 g/mol. The Kier molecular flexibility index (Phi) is 5.92. The molecule has 9 nitrogen and oxygen atoms in total. The Hall–Kier alpha value is -2.24. The van der Waals surface area contributed by atoms with Gasteiger partial charge in [-0.1, -0.05) is 30.4 Å². The van der Waals surface area contributed by atoms with Crippen molar-refractivity contribution in [1.82, 2.24) is 14.5 Å². The van der Waals surface area contributed by atoms with E-state index >= 15 is 0 Å². The first-order chi connectivity index (χ1) is 13.0. The molecular formula is C16H21N5O4S2. The van der Waals surface area contributed by atoms with Crippen molar-refractivity contribution in [2.45, 2.75) is 17.7 Å². The van der Waals surface area contributed by atoms with Crippen LogP contribution in [0.5, 0.6) is 5.75 Å². The van der Waals surface area contributed by atoms with Crippen molar-refractivity contribution in [1.29, 1.82) is 0 Å². The van der Waals surface area contributed by atoms with Crippen LogP contribution in [-0.4, -0.2) is 62.1 Å². The Morgan fingerprint density at radius 1 is 1.22 bits per heavy atom. The van der Waals surface area contributed by atoms with E-state index in [1.807, 2.05) is 24.3 Å². The SMILES string of the molecule is CCC(=O)Nc1nnc(S(=O)(=O)N2CCN(c3ccccc3OC)CC2)s1. The highest BCUT2D eigenvalue weighted by atomic mass is 32.2. The summed E-state index contributed by atoms with van der Waals surface area (Å²) in [6.45, 7) is 3.44. The molecule has 27 heavy (non-hydrogen) atoms. The van der Waals surface area contributed by atoms with Crippen LogP contribution in [0.15, 0.2) is 28.6 Å². The zero-order valence-corrected chi connectivity index (χ0v) is 16.7. The molecule has 0 radical (unpaired) electrons. The second-order valence-electron chi connectivity index (χ2n) is 5.84. The highest BCUT2D eigenvalue weighted by Gasteiger charge is 2.32. The maximum atomic E-state index is 12.8. The fourth-order valence-electron chi connectivity index (χ4n) is 2.74. The predicted octanol–water partition coefficient (Wildman–Crippen LogP) is 1.41. The van der Waals surface area contributed by atoms with Crippen LogP contribution >= 0.6 is 11.3 Å².